The highest BCUT2D eigenvalue weighted by atomic mass is 32.2. The van der Waals surface area contributed by atoms with Crippen LogP contribution in [0, 0.1) is 0 Å². The second-order valence-corrected chi connectivity index (χ2v) is 8.64. The van der Waals surface area contributed by atoms with Crippen molar-refractivity contribution in [3.8, 4) is 0 Å². The van der Waals surface area contributed by atoms with Crippen molar-refractivity contribution in [2.45, 2.75) is 17.9 Å². The van der Waals surface area contributed by atoms with Gasteiger partial charge in [-0.1, -0.05) is 48.5 Å². The molecule has 3 aromatic rings. The molecule has 1 aliphatic rings. The third-order valence-corrected chi connectivity index (χ3v) is 6.22. The van der Waals surface area contributed by atoms with E-state index in [0.29, 0.717) is 12.2 Å². The van der Waals surface area contributed by atoms with Gasteiger partial charge in [0.05, 0.1) is 0 Å². The van der Waals surface area contributed by atoms with Gasteiger partial charge in [0, 0.05) is 55.9 Å². The summed E-state index contributed by atoms with van der Waals surface area (Å²) < 4.78 is 0. The van der Waals surface area contributed by atoms with Crippen LogP contribution < -0.4 is 10.2 Å². The Balaban J connectivity index is 1.24. The fourth-order valence-corrected chi connectivity index (χ4v) is 4.42. The summed E-state index contributed by atoms with van der Waals surface area (Å²) in [6.45, 7) is 4.76. The summed E-state index contributed by atoms with van der Waals surface area (Å²) >= 11 is 1.68. The molecule has 0 aliphatic carbocycles. The molecule has 1 N–H and O–H groups in total. The molecule has 7 heteroatoms. The first kappa shape index (κ1) is 21.3. The molecule has 0 radical (unpaired) electrons. The van der Waals surface area contributed by atoms with Gasteiger partial charge in [0.15, 0.2) is 0 Å². The van der Waals surface area contributed by atoms with Crippen molar-refractivity contribution >= 4 is 29.3 Å². The SMILES string of the molecule is O=C(CCSc1ccccc1)Nc1cc(N2CCN(Cc3ccccc3)CC2)ncn1. The van der Waals surface area contributed by atoms with Crippen LogP contribution in [-0.4, -0.2) is 52.7 Å². The monoisotopic (exact) mass is 433 g/mol. The van der Waals surface area contributed by atoms with Crippen LogP contribution in [0.5, 0.6) is 0 Å². The van der Waals surface area contributed by atoms with E-state index in [4.69, 9.17) is 0 Å². The number of aromatic nitrogens is 2. The van der Waals surface area contributed by atoms with Gasteiger partial charge in [-0.15, -0.1) is 11.8 Å². The number of carbonyl (C=O) groups excluding carboxylic acids is 1. The molecule has 0 bridgehead atoms. The van der Waals surface area contributed by atoms with Crippen LogP contribution in [0.4, 0.5) is 11.6 Å². The van der Waals surface area contributed by atoms with E-state index in [1.54, 1.807) is 11.8 Å². The Morgan fingerprint density at radius 3 is 2.39 bits per heavy atom. The normalized spacial score (nSPS) is 14.4. The van der Waals surface area contributed by atoms with Crippen molar-refractivity contribution in [1.29, 1.82) is 0 Å². The maximum absolute atomic E-state index is 12.3. The van der Waals surface area contributed by atoms with E-state index in [0.717, 1.165) is 44.3 Å². The molecule has 0 spiro atoms. The van der Waals surface area contributed by atoms with Crippen LogP contribution in [0.3, 0.4) is 0 Å². The Morgan fingerprint density at radius 1 is 0.935 bits per heavy atom. The van der Waals surface area contributed by atoms with Crippen molar-refractivity contribution in [3.63, 3.8) is 0 Å². The van der Waals surface area contributed by atoms with E-state index in [9.17, 15) is 4.79 Å². The topological polar surface area (TPSA) is 61.4 Å². The minimum Gasteiger partial charge on any atom is -0.354 e. The summed E-state index contributed by atoms with van der Waals surface area (Å²) in [5.41, 5.74) is 1.34. The van der Waals surface area contributed by atoms with Crippen molar-refractivity contribution in [1.82, 2.24) is 14.9 Å². The lowest BCUT2D eigenvalue weighted by atomic mass is 10.2. The smallest absolute Gasteiger partial charge is 0.226 e. The Morgan fingerprint density at radius 2 is 1.65 bits per heavy atom. The first-order chi connectivity index (χ1) is 15.3. The van der Waals surface area contributed by atoms with E-state index in [-0.39, 0.29) is 5.91 Å². The molecule has 1 saturated heterocycles. The molecule has 6 nitrogen and oxygen atoms in total. The number of hydrogen-bond acceptors (Lipinski definition) is 6. The van der Waals surface area contributed by atoms with Crippen LogP contribution >= 0.6 is 11.8 Å². The molecule has 1 aliphatic heterocycles. The third-order valence-electron chi connectivity index (χ3n) is 5.21. The number of amides is 1. The average molecular weight is 434 g/mol. The first-order valence-corrected chi connectivity index (χ1v) is 11.6. The lowest BCUT2D eigenvalue weighted by Crippen LogP contribution is -2.46. The second kappa shape index (κ2) is 10.9. The Kier molecular flexibility index (Phi) is 7.52. The van der Waals surface area contributed by atoms with E-state index in [1.165, 1.54) is 16.8 Å². The maximum atomic E-state index is 12.3. The molecule has 0 atom stereocenters. The van der Waals surface area contributed by atoms with Crippen molar-refractivity contribution < 1.29 is 4.79 Å². The minimum atomic E-state index is -0.0271. The highest BCUT2D eigenvalue weighted by Crippen LogP contribution is 2.19. The van der Waals surface area contributed by atoms with E-state index in [2.05, 4.69) is 67.5 Å². The predicted octanol–water partition coefficient (Wildman–Crippen LogP) is 3.92. The van der Waals surface area contributed by atoms with Crippen LogP contribution in [0.2, 0.25) is 0 Å². The van der Waals surface area contributed by atoms with Crippen molar-refractivity contribution in [3.05, 3.63) is 78.6 Å². The quantitative estimate of drug-likeness (QED) is 0.544. The summed E-state index contributed by atoms with van der Waals surface area (Å²) in [5.74, 6) is 2.13. The number of benzene rings is 2. The highest BCUT2D eigenvalue weighted by Gasteiger charge is 2.18. The average Bonchev–Trinajstić information content (AvgIpc) is 2.81. The van der Waals surface area contributed by atoms with Crippen molar-refractivity contribution in [2.75, 3.05) is 42.1 Å². The van der Waals surface area contributed by atoms with Crippen molar-refractivity contribution in [2.24, 2.45) is 0 Å². The summed E-state index contributed by atoms with van der Waals surface area (Å²) in [6, 6.07) is 22.5. The predicted molar refractivity (Wildman–Crippen MR) is 126 cm³/mol. The maximum Gasteiger partial charge on any atom is 0.226 e. The molecule has 1 aromatic heterocycles. The molecular weight excluding hydrogens is 406 g/mol. The second-order valence-electron chi connectivity index (χ2n) is 7.47. The lowest BCUT2D eigenvalue weighted by Gasteiger charge is -2.35. The van der Waals surface area contributed by atoms with Gasteiger partial charge in [0.2, 0.25) is 5.91 Å². The van der Waals surface area contributed by atoms with Crippen LogP contribution in [-0.2, 0) is 11.3 Å². The number of nitrogens with zero attached hydrogens (tertiary/aromatic N) is 4. The van der Waals surface area contributed by atoms with Gasteiger partial charge in [0.25, 0.3) is 0 Å². The van der Waals surface area contributed by atoms with Gasteiger partial charge in [-0.3, -0.25) is 9.69 Å². The standard InChI is InChI=1S/C24H27N5OS/c30-24(11-16-31-21-9-5-2-6-10-21)27-22-17-23(26-19-25-22)29-14-12-28(13-15-29)18-20-7-3-1-4-8-20/h1-10,17,19H,11-16,18H2,(H,25,26,27,30). The zero-order valence-corrected chi connectivity index (χ0v) is 18.3. The van der Waals surface area contributed by atoms with E-state index < -0.39 is 0 Å². The van der Waals surface area contributed by atoms with Gasteiger partial charge in [-0.2, -0.15) is 0 Å². The number of anilines is 2. The van der Waals surface area contributed by atoms with E-state index in [1.807, 2.05) is 24.3 Å². The lowest BCUT2D eigenvalue weighted by molar-refractivity contribution is -0.115. The fraction of sp³-hybridized carbons (Fsp3) is 0.292. The summed E-state index contributed by atoms with van der Waals surface area (Å²) in [4.78, 5) is 26.8. The van der Waals surface area contributed by atoms with Crippen LogP contribution in [0.25, 0.3) is 0 Å². The molecule has 1 fully saturated rings. The van der Waals surface area contributed by atoms with Gasteiger partial charge in [-0.25, -0.2) is 9.97 Å². The van der Waals surface area contributed by atoms with Gasteiger partial charge >= 0.3 is 0 Å². The number of hydrogen-bond donors (Lipinski definition) is 1. The number of rotatable bonds is 8. The fourth-order valence-electron chi connectivity index (χ4n) is 3.55. The molecule has 0 unspecified atom stereocenters. The Hall–Kier alpha value is -2.90. The molecule has 0 saturated carbocycles. The first-order valence-electron chi connectivity index (χ1n) is 10.6. The minimum absolute atomic E-state index is 0.0271. The van der Waals surface area contributed by atoms with Gasteiger partial charge in [-0.05, 0) is 17.7 Å². The molecule has 4 rings (SSSR count). The summed E-state index contributed by atoms with van der Waals surface area (Å²) in [7, 11) is 0. The van der Waals surface area contributed by atoms with Crippen LogP contribution in [0.1, 0.15) is 12.0 Å². The summed E-state index contributed by atoms with van der Waals surface area (Å²) in [6.07, 6.45) is 1.97. The number of nitrogens with one attached hydrogen (secondary N) is 1. The van der Waals surface area contributed by atoms with Gasteiger partial charge < -0.3 is 10.2 Å². The molecule has 31 heavy (non-hydrogen) atoms. The zero-order chi connectivity index (χ0) is 21.3. The Labute approximate surface area is 187 Å². The molecule has 1 amide bonds. The Bertz CT molecular complexity index is 962. The number of thioether (sulfide) groups is 1. The summed E-state index contributed by atoms with van der Waals surface area (Å²) in [5, 5.41) is 2.91. The third kappa shape index (κ3) is 6.54. The molecule has 2 heterocycles. The van der Waals surface area contributed by atoms with Gasteiger partial charge in [0.1, 0.15) is 18.0 Å². The zero-order valence-electron chi connectivity index (χ0n) is 17.5. The number of carbonyl (C=O) groups is 1. The molecule has 160 valence electrons. The van der Waals surface area contributed by atoms with Crippen LogP contribution in [0.15, 0.2) is 78.0 Å². The molecular formula is C24H27N5OS. The van der Waals surface area contributed by atoms with E-state index >= 15 is 0 Å². The highest BCUT2D eigenvalue weighted by molar-refractivity contribution is 7.99. The molecule has 2 aromatic carbocycles. The number of piperazine rings is 1. The largest absolute Gasteiger partial charge is 0.354 e.